The van der Waals surface area contributed by atoms with Crippen molar-refractivity contribution in [2.75, 3.05) is 0 Å². The predicted octanol–water partition coefficient (Wildman–Crippen LogP) is 5.46. The second-order valence-corrected chi connectivity index (χ2v) is 6.09. The molecule has 20 heavy (non-hydrogen) atoms. The summed E-state index contributed by atoms with van der Waals surface area (Å²) in [6, 6.07) is 12.6. The summed E-state index contributed by atoms with van der Waals surface area (Å²) in [4.78, 5) is 0. The molecular weight excluding hydrogens is 289 g/mol. The van der Waals surface area contributed by atoms with Gasteiger partial charge in [0, 0.05) is 12.6 Å². The average Bonchev–Trinajstić information content (AvgIpc) is 2.38. The topological polar surface area (TPSA) is 12.0 Å². The third-order valence-corrected chi connectivity index (χ3v) is 4.08. The first kappa shape index (κ1) is 15.4. The number of hydrogen-bond donors (Lipinski definition) is 1. The van der Waals surface area contributed by atoms with Gasteiger partial charge in [-0.25, -0.2) is 0 Å². The lowest BCUT2D eigenvalue weighted by Gasteiger charge is -2.15. The van der Waals surface area contributed by atoms with Crippen LogP contribution in [-0.2, 0) is 6.54 Å². The van der Waals surface area contributed by atoms with Gasteiger partial charge in [-0.15, -0.1) is 0 Å². The lowest BCUT2D eigenvalue weighted by atomic mass is 10.1. The van der Waals surface area contributed by atoms with E-state index in [0.29, 0.717) is 10.0 Å². The van der Waals surface area contributed by atoms with Crippen molar-refractivity contribution >= 4 is 23.2 Å². The molecule has 0 heterocycles. The maximum Gasteiger partial charge on any atom is 0.0595 e. The molecule has 0 aromatic heterocycles. The van der Waals surface area contributed by atoms with Crippen LogP contribution in [0.25, 0.3) is 0 Å². The summed E-state index contributed by atoms with van der Waals surface area (Å²) >= 11 is 12.0. The lowest BCUT2D eigenvalue weighted by molar-refractivity contribution is 0.574. The van der Waals surface area contributed by atoms with E-state index in [1.807, 2.05) is 18.2 Å². The molecule has 0 saturated heterocycles. The largest absolute Gasteiger partial charge is 0.306 e. The van der Waals surface area contributed by atoms with E-state index in [4.69, 9.17) is 23.2 Å². The SMILES string of the molecule is Cc1cc(C)cc(CNC(C)c2ccc(Cl)c(Cl)c2)c1. The van der Waals surface area contributed by atoms with Crippen LogP contribution in [0, 0.1) is 13.8 Å². The summed E-state index contributed by atoms with van der Waals surface area (Å²) in [5, 5.41) is 4.71. The Hall–Kier alpha value is -1.02. The minimum atomic E-state index is 0.227. The van der Waals surface area contributed by atoms with Crippen LogP contribution in [-0.4, -0.2) is 0 Å². The van der Waals surface area contributed by atoms with Crippen LogP contribution < -0.4 is 5.32 Å². The molecule has 2 aromatic carbocycles. The lowest BCUT2D eigenvalue weighted by Crippen LogP contribution is -2.18. The monoisotopic (exact) mass is 307 g/mol. The van der Waals surface area contributed by atoms with Crippen molar-refractivity contribution in [1.29, 1.82) is 0 Å². The smallest absolute Gasteiger partial charge is 0.0595 e. The molecule has 0 aliphatic heterocycles. The Balaban J connectivity index is 2.04. The van der Waals surface area contributed by atoms with Crippen LogP contribution in [0.4, 0.5) is 0 Å². The van der Waals surface area contributed by atoms with Gasteiger partial charge in [0.2, 0.25) is 0 Å². The second-order valence-electron chi connectivity index (χ2n) is 5.27. The van der Waals surface area contributed by atoms with E-state index in [0.717, 1.165) is 12.1 Å². The zero-order valence-corrected chi connectivity index (χ0v) is 13.5. The average molecular weight is 308 g/mol. The molecule has 0 amide bonds. The molecule has 0 bridgehead atoms. The van der Waals surface area contributed by atoms with Crippen molar-refractivity contribution in [2.45, 2.75) is 33.4 Å². The van der Waals surface area contributed by atoms with Gasteiger partial charge in [-0.2, -0.15) is 0 Å². The number of halogens is 2. The Morgan fingerprint density at radius 3 is 2.20 bits per heavy atom. The number of benzene rings is 2. The summed E-state index contributed by atoms with van der Waals surface area (Å²) in [5.74, 6) is 0. The molecule has 2 aromatic rings. The van der Waals surface area contributed by atoms with Gasteiger partial charge in [-0.1, -0.05) is 58.6 Å². The van der Waals surface area contributed by atoms with Crippen molar-refractivity contribution in [1.82, 2.24) is 5.32 Å². The molecule has 0 aliphatic rings. The van der Waals surface area contributed by atoms with Gasteiger partial charge < -0.3 is 5.32 Å². The van der Waals surface area contributed by atoms with E-state index in [1.54, 1.807) is 0 Å². The predicted molar refractivity (Wildman–Crippen MR) is 87.6 cm³/mol. The van der Waals surface area contributed by atoms with Gasteiger partial charge in [0.1, 0.15) is 0 Å². The van der Waals surface area contributed by atoms with Gasteiger partial charge >= 0.3 is 0 Å². The Morgan fingerprint density at radius 2 is 1.60 bits per heavy atom. The second kappa shape index (κ2) is 6.62. The van der Waals surface area contributed by atoms with Gasteiger partial charge in [0.15, 0.2) is 0 Å². The molecule has 0 radical (unpaired) electrons. The van der Waals surface area contributed by atoms with Crippen molar-refractivity contribution in [3.63, 3.8) is 0 Å². The third kappa shape index (κ3) is 3.99. The van der Waals surface area contributed by atoms with E-state index >= 15 is 0 Å². The molecule has 0 spiro atoms. The highest BCUT2D eigenvalue weighted by Crippen LogP contribution is 2.25. The highest BCUT2D eigenvalue weighted by molar-refractivity contribution is 6.42. The van der Waals surface area contributed by atoms with Crippen molar-refractivity contribution in [3.8, 4) is 0 Å². The van der Waals surface area contributed by atoms with Crippen molar-refractivity contribution < 1.29 is 0 Å². The number of hydrogen-bond acceptors (Lipinski definition) is 1. The number of aryl methyl sites for hydroxylation is 2. The Labute approximate surface area is 130 Å². The van der Waals surface area contributed by atoms with Gasteiger partial charge in [-0.05, 0) is 44.0 Å². The molecule has 1 atom stereocenters. The highest BCUT2D eigenvalue weighted by atomic mass is 35.5. The van der Waals surface area contributed by atoms with E-state index < -0.39 is 0 Å². The zero-order chi connectivity index (χ0) is 14.7. The Morgan fingerprint density at radius 1 is 0.950 bits per heavy atom. The zero-order valence-electron chi connectivity index (χ0n) is 12.0. The molecule has 0 fully saturated rings. The molecular formula is C17H19Cl2N. The Kier molecular flexibility index (Phi) is 5.09. The summed E-state index contributed by atoms with van der Waals surface area (Å²) in [6.45, 7) is 7.21. The van der Waals surface area contributed by atoms with Gasteiger partial charge in [0.05, 0.1) is 10.0 Å². The minimum Gasteiger partial charge on any atom is -0.306 e. The fraction of sp³-hybridized carbons (Fsp3) is 0.294. The quantitative estimate of drug-likeness (QED) is 0.790. The third-order valence-electron chi connectivity index (χ3n) is 3.34. The first-order chi connectivity index (χ1) is 9.45. The first-order valence-electron chi connectivity index (χ1n) is 6.71. The first-order valence-corrected chi connectivity index (χ1v) is 7.47. The van der Waals surface area contributed by atoms with Gasteiger partial charge in [0.25, 0.3) is 0 Å². The number of nitrogens with one attached hydrogen (secondary N) is 1. The summed E-state index contributed by atoms with van der Waals surface area (Å²) in [7, 11) is 0. The van der Waals surface area contributed by atoms with E-state index in [1.165, 1.54) is 16.7 Å². The maximum atomic E-state index is 6.06. The van der Waals surface area contributed by atoms with Crippen LogP contribution in [0.2, 0.25) is 10.0 Å². The molecule has 1 nitrogen and oxygen atoms in total. The van der Waals surface area contributed by atoms with Gasteiger partial charge in [-0.3, -0.25) is 0 Å². The normalized spacial score (nSPS) is 12.4. The van der Waals surface area contributed by atoms with E-state index in [9.17, 15) is 0 Å². The maximum absolute atomic E-state index is 6.06. The van der Waals surface area contributed by atoms with E-state index in [-0.39, 0.29) is 6.04 Å². The summed E-state index contributed by atoms with van der Waals surface area (Å²) in [6.07, 6.45) is 0. The van der Waals surface area contributed by atoms with Crippen LogP contribution in [0.5, 0.6) is 0 Å². The molecule has 1 N–H and O–H groups in total. The summed E-state index contributed by atoms with van der Waals surface area (Å²) < 4.78 is 0. The Bertz CT molecular complexity index is 588. The van der Waals surface area contributed by atoms with Crippen LogP contribution >= 0.6 is 23.2 Å². The van der Waals surface area contributed by atoms with Crippen molar-refractivity contribution in [2.24, 2.45) is 0 Å². The number of rotatable bonds is 4. The molecule has 2 rings (SSSR count). The van der Waals surface area contributed by atoms with Crippen molar-refractivity contribution in [3.05, 3.63) is 68.7 Å². The highest BCUT2D eigenvalue weighted by Gasteiger charge is 2.07. The molecule has 1 unspecified atom stereocenters. The standard InChI is InChI=1S/C17H19Cl2N/c1-11-6-12(2)8-14(7-11)10-20-13(3)15-4-5-16(18)17(19)9-15/h4-9,13,20H,10H2,1-3H3. The molecule has 106 valence electrons. The fourth-order valence-electron chi connectivity index (χ4n) is 2.34. The van der Waals surface area contributed by atoms with Crippen LogP contribution in [0.3, 0.4) is 0 Å². The summed E-state index contributed by atoms with van der Waals surface area (Å²) in [5.41, 5.74) is 5.03. The molecule has 0 aliphatic carbocycles. The minimum absolute atomic E-state index is 0.227. The molecule has 3 heteroatoms. The van der Waals surface area contributed by atoms with Crippen LogP contribution in [0.15, 0.2) is 36.4 Å². The van der Waals surface area contributed by atoms with Crippen LogP contribution in [0.1, 0.15) is 35.2 Å². The fourth-order valence-corrected chi connectivity index (χ4v) is 2.65. The molecule has 0 saturated carbocycles. The van der Waals surface area contributed by atoms with E-state index in [2.05, 4.69) is 44.3 Å².